The molecule has 0 aliphatic rings. The first-order valence-corrected chi connectivity index (χ1v) is 9.40. The molecule has 0 aliphatic carbocycles. The van der Waals surface area contributed by atoms with Gasteiger partial charge in [-0.1, -0.05) is 45.0 Å². The van der Waals surface area contributed by atoms with E-state index in [9.17, 15) is 9.59 Å². The minimum Gasteiger partial charge on any atom is -0.481 e. The van der Waals surface area contributed by atoms with Gasteiger partial charge in [0, 0.05) is 17.8 Å². The van der Waals surface area contributed by atoms with Crippen LogP contribution in [0.2, 0.25) is 0 Å². The third kappa shape index (κ3) is 5.84. The quantitative estimate of drug-likeness (QED) is 0.692. The van der Waals surface area contributed by atoms with E-state index in [0.717, 1.165) is 17.7 Å². The number of ether oxygens (including phenoxy) is 1. The molecule has 0 bridgehead atoms. The fraction of sp³-hybridized carbons (Fsp3) is 0.364. The average molecular weight is 368 g/mol. The first-order valence-electron chi connectivity index (χ1n) is 9.40. The highest BCUT2D eigenvalue weighted by molar-refractivity contribution is 5.96. The van der Waals surface area contributed by atoms with Gasteiger partial charge < -0.3 is 15.4 Å². The van der Waals surface area contributed by atoms with E-state index >= 15 is 0 Å². The van der Waals surface area contributed by atoms with Gasteiger partial charge in [0.15, 0.2) is 6.10 Å². The Bertz CT molecular complexity index is 789. The molecule has 0 aromatic heterocycles. The highest BCUT2D eigenvalue weighted by Crippen LogP contribution is 2.29. The van der Waals surface area contributed by atoms with E-state index in [1.54, 1.807) is 38.1 Å². The molecule has 2 aromatic carbocycles. The van der Waals surface area contributed by atoms with Crippen molar-refractivity contribution in [2.45, 2.75) is 52.6 Å². The molecule has 0 fully saturated rings. The van der Waals surface area contributed by atoms with E-state index < -0.39 is 6.10 Å². The van der Waals surface area contributed by atoms with Gasteiger partial charge in [-0.15, -0.1) is 0 Å². The lowest BCUT2D eigenvalue weighted by atomic mass is 9.98. The summed E-state index contributed by atoms with van der Waals surface area (Å²) >= 11 is 0. The molecule has 2 unspecified atom stereocenters. The molecule has 144 valence electrons. The van der Waals surface area contributed by atoms with Crippen LogP contribution in [0.25, 0.3) is 0 Å². The molecule has 2 atom stereocenters. The normalized spacial score (nSPS) is 12.7. The van der Waals surface area contributed by atoms with E-state index in [2.05, 4.69) is 24.5 Å². The number of hydrogen-bond donors (Lipinski definition) is 2. The summed E-state index contributed by atoms with van der Waals surface area (Å²) in [4.78, 5) is 24.1. The van der Waals surface area contributed by atoms with Crippen molar-refractivity contribution < 1.29 is 14.3 Å². The van der Waals surface area contributed by atoms with Crippen molar-refractivity contribution in [1.82, 2.24) is 0 Å². The van der Waals surface area contributed by atoms with Crippen molar-refractivity contribution in [2.75, 3.05) is 10.6 Å². The van der Waals surface area contributed by atoms with Crippen molar-refractivity contribution >= 4 is 23.2 Å². The van der Waals surface area contributed by atoms with Gasteiger partial charge in [0.05, 0.1) is 0 Å². The monoisotopic (exact) mass is 368 g/mol. The van der Waals surface area contributed by atoms with Crippen LogP contribution in [0.3, 0.4) is 0 Å². The molecule has 0 radical (unpaired) electrons. The predicted octanol–water partition coefficient (Wildman–Crippen LogP) is 4.95. The lowest BCUT2D eigenvalue weighted by molar-refractivity contribution is -0.122. The highest BCUT2D eigenvalue weighted by Gasteiger charge is 2.18. The Balaban J connectivity index is 2.04. The molecule has 0 aliphatic heterocycles. The number of hydrogen-bond acceptors (Lipinski definition) is 3. The van der Waals surface area contributed by atoms with E-state index in [1.165, 1.54) is 0 Å². The predicted molar refractivity (Wildman–Crippen MR) is 109 cm³/mol. The molecular formula is C22H28N2O3. The second kappa shape index (κ2) is 9.76. The molecule has 5 nitrogen and oxygen atoms in total. The van der Waals surface area contributed by atoms with Gasteiger partial charge in [-0.25, -0.2) is 0 Å². The Morgan fingerprint density at radius 1 is 0.963 bits per heavy atom. The number of carbonyl (C=O) groups excluding carboxylic acids is 2. The van der Waals surface area contributed by atoms with Crippen molar-refractivity contribution in [1.29, 1.82) is 0 Å². The Kier molecular flexibility index (Phi) is 7.41. The average Bonchev–Trinajstić information content (AvgIpc) is 2.67. The van der Waals surface area contributed by atoms with Crippen LogP contribution in [-0.4, -0.2) is 17.9 Å². The van der Waals surface area contributed by atoms with Crippen LogP contribution in [0.5, 0.6) is 5.75 Å². The van der Waals surface area contributed by atoms with Crippen LogP contribution in [0.4, 0.5) is 11.4 Å². The van der Waals surface area contributed by atoms with Crippen LogP contribution in [0.1, 0.15) is 52.0 Å². The molecule has 0 saturated carbocycles. The molecule has 5 heteroatoms. The molecule has 2 aromatic rings. The van der Waals surface area contributed by atoms with Gasteiger partial charge >= 0.3 is 0 Å². The Labute approximate surface area is 161 Å². The Morgan fingerprint density at radius 3 is 2.30 bits per heavy atom. The number of rotatable bonds is 8. The number of carbonyl (C=O) groups is 2. The summed E-state index contributed by atoms with van der Waals surface area (Å²) in [6.07, 6.45) is 0.748. The van der Waals surface area contributed by atoms with Crippen molar-refractivity contribution in [3.8, 4) is 5.75 Å². The summed E-state index contributed by atoms with van der Waals surface area (Å²) in [5.41, 5.74) is 2.36. The zero-order chi connectivity index (χ0) is 19.8. The van der Waals surface area contributed by atoms with Gasteiger partial charge in [0.25, 0.3) is 5.91 Å². The smallest absolute Gasteiger partial charge is 0.265 e. The summed E-state index contributed by atoms with van der Waals surface area (Å²) in [6, 6.07) is 14.9. The second-order valence-electron chi connectivity index (χ2n) is 6.58. The molecule has 27 heavy (non-hydrogen) atoms. The first-order chi connectivity index (χ1) is 12.9. The maximum atomic E-state index is 12.5. The van der Waals surface area contributed by atoms with Crippen LogP contribution in [0.15, 0.2) is 48.5 Å². The Morgan fingerprint density at radius 2 is 1.63 bits per heavy atom. The molecule has 2 rings (SSSR count). The summed E-state index contributed by atoms with van der Waals surface area (Å²) in [5, 5.41) is 5.62. The van der Waals surface area contributed by atoms with Gasteiger partial charge in [0.2, 0.25) is 5.91 Å². The van der Waals surface area contributed by atoms with Crippen molar-refractivity contribution in [3.05, 3.63) is 54.1 Å². The molecule has 0 spiro atoms. The molecule has 0 heterocycles. The van der Waals surface area contributed by atoms with E-state index in [0.29, 0.717) is 23.7 Å². The SMILES string of the molecule is CCC(=O)Nc1cccc(NC(=O)C(C)Oc2ccccc2C(C)CC)c1. The highest BCUT2D eigenvalue weighted by atomic mass is 16.5. The van der Waals surface area contributed by atoms with Crippen LogP contribution in [-0.2, 0) is 9.59 Å². The van der Waals surface area contributed by atoms with Crippen molar-refractivity contribution in [2.24, 2.45) is 0 Å². The van der Waals surface area contributed by atoms with Gasteiger partial charge in [-0.3, -0.25) is 9.59 Å². The summed E-state index contributed by atoms with van der Waals surface area (Å²) in [5.74, 6) is 0.776. The minimum absolute atomic E-state index is 0.0724. The molecule has 2 N–H and O–H groups in total. The van der Waals surface area contributed by atoms with Gasteiger partial charge in [0.1, 0.15) is 5.75 Å². The first kappa shape index (κ1) is 20.5. The number of para-hydroxylation sites is 1. The summed E-state index contributed by atoms with van der Waals surface area (Å²) < 4.78 is 5.93. The zero-order valence-electron chi connectivity index (χ0n) is 16.4. The van der Waals surface area contributed by atoms with E-state index in [-0.39, 0.29) is 11.8 Å². The van der Waals surface area contributed by atoms with E-state index in [1.807, 2.05) is 24.3 Å². The number of anilines is 2. The number of amides is 2. The van der Waals surface area contributed by atoms with E-state index in [4.69, 9.17) is 4.74 Å². The summed E-state index contributed by atoms with van der Waals surface area (Å²) in [7, 11) is 0. The topological polar surface area (TPSA) is 67.4 Å². The van der Waals surface area contributed by atoms with Gasteiger partial charge in [-0.2, -0.15) is 0 Å². The maximum absolute atomic E-state index is 12.5. The zero-order valence-corrected chi connectivity index (χ0v) is 16.4. The molecule has 2 amide bonds. The van der Waals surface area contributed by atoms with Crippen LogP contribution < -0.4 is 15.4 Å². The Hall–Kier alpha value is -2.82. The fourth-order valence-corrected chi connectivity index (χ4v) is 2.63. The third-order valence-electron chi connectivity index (χ3n) is 4.47. The second-order valence-corrected chi connectivity index (χ2v) is 6.58. The summed E-state index contributed by atoms with van der Waals surface area (Å²) in [6.45, 7) is 7.79. The standard InChI is InChI=1S/C22H28N2O3/c1-5-15(3)19-12-7-8-13-20(19)27-16(4)22(26)24-18-11-9-10-17(14-18)23-21(25)6-2/h7-16H,5-6H2,1-4H3,(H,23,25)(H,24,26). The lowest BCUT2D eigenvalue weighted by Gasteiger charge is -2.19. The van der Waals surface area contributed by atoms with Crippen LogP contribution in [0, 0.1) is 0 Å². The minimum atomic E-state index is -0.649. The number of benzene rings is 2. The third-order valence-corrected chi connectivity index (χ3v) is 4.47. The number of nitrogens with one attached hydrogen (secondary N) is 2. The van der Waals surface area contributed by atoms with Crippen molar-refractivity contribution in [3.63, 3.8) is 0 Å². The molecule has 0 saturated heterocycles. The van der Waals surface area contributed by atoms with Gasteiger partial charge in [-0.05, 0) is 49.1 Å². The largest absolute Gasteiger partial charge is 0.481 e. The maximum Gasteiger partial charge on any atom is 0.265 e. The molecular weight excluding hydrogens is 340 g/mol. The fourth-order valence-electron chi connectivity index (χ4n) is 2.63. The van der Waals surface area contributed by atoms with Crippen LogP contribution >= 0.6 is 0 Å². The lowest BCUT2D eigenvalue weighted by Crippen LogP contribution is -2.30.